The number of rotatable bonds is 3. The van der Waals surface area contributed by atoms with Gasteiger partial charge in [-0.1, -0.05) is 6.08 Å². The Morgan fingerprint density at radius 1 is 1.77 bits per heavy atom. The average molecular weight is 187 g/mol. The standard InChI is InChI=1S/C9H17NO3/c1-3-4-12-8-5-7(10)9(11)6(2)13-8/h3,6-9,11H,1,4-5,10H2,2H3. The molecule has 1 aliphatic rings. The minimum atomic E-state index is -0.594. The van der Waals surface area contributed by atoms with E-state index in [1.165, 1.54) is 0 Å². The van der Waals surface area contributed by atoms with Gasteiger partial charge < -0.3 is 20.3 Å². The molecular weight excluding hydrogens is 170 g/mol. The van der Waals surface area contributed by atoms with Crippen LogP contribution in [-0.2, 0) is 9.47 Å². The SMILES string of the molecule is C=CCOC1CC(N)C(O)C(C)O1. The quantitative estimate of drug-likeness (QED) is 0.611. The molecule has 4 heteroatoms. The molecule has 0 spiro atoms. The van der Waals surface area contributed by atoms with Gasteiger partial charge in [0.25, 0.3) is 0 Å². The van der Waals surface area contributed by atoms with Gasteiger partial charge in [0.05, 0.1) is 18.8 Å². The lowest BCUT2D eigenvalue weighted by molar-refractivity contribution is -0.217. The van der Waals surface area contributed by atoms with E-state index in [0.29, 0.717) is 13.0 Å². The third-order valence-electron chi connectivity index (χ3n) is 2.15. The second-order valence-electron chi connectivity index (χ2n) is 3.28. The second-order valence-corrected chi connectivity index (χ2v) is 3.28. The molecule has 1 saturated heterocycles. The van der Waals surface area contributed by atoms with E-state index in [9.17, 15) is 5.11 Å². The predicted molar refractivity (Wildman–Crippen MR) is 49.1 cm³/mol. The van der Waals surface area contributed by atoms with Crippen molar-refractivity contribution >= 4 is 0 Å². The van der Waals surface area contributed by atoms with Gasteiger partial charge in [-0.2, -0.15) is 0 Å². The molecule has 1 fully saturated rings. The van der Waals surface area contributed by atoms with Crippen molar-refractivity contribution in [2.75, 3.05) is 6.61 Å². The van der Waals surface area contributed by atoms with Crippen LogP contribution in [0.25, 0.3) is 0 Å². The first-order valence-electron chi connectivity index (χ1n) is 4.46. The number of ether oxygens (including phenoxy) is 2. The minimum absolute atomic E-state index is 0.265. The highest BCUT2D eigenvalue weighted by Crippen LogP contribution is 2.19. The van der Waals surface area contributed by atoms with Gasteiger partial charge in [-0.25, -0.2) is 0 Å². The Kier molecular flexibility index (Phi) is 3.87. The maximum absolute atomic E-state index is 9.46. The zero-order chi connectivity index (χ0) is 9.84. The first-order valence-corrected chi connectivity index (χ1v) is 4.46. The van der Waals surface area contributed by atoms with Crippen LogP contribution in [0.2, 0.25) is 0 Å². The highest BCUT2D eigenvalue weighted by atomic mass is 16.7. The van der Waals surface area contributed by atoms with Gasteiger partial charge in [-0.05, 0) is 6.92 Å². The summed E-state index contributed by atoms with van der Waals surface area (Å²) < 4.78 is 10.7. The summed E-state index contributed by atoms with van der Waals surface area (Å²) >= 11 is 0. The molecule has 1 heterocycles. The van der Waals surface area contributed by atoms with Crippen molar-refractivity contribution < 1.29 is 14.6 Å². The molecule has 3 N–H and O–H groups in total. The zero-order valence-corrected chi connectivity index (χ0v) is 7.85. The molecule has 4 unspecified atom stereocenters. The lowest BCUT2D eigenvalue weighted by Crippen LogP contribution is -2.51. The van der Waals surface area contributed by atoms with Crippen molar-refractivity contribution in [3.8, 4) is 0 Å². The first-order chi connectivity index (χ1) is 6.15. The van der Waals surface area contributed by atoms with Crippen molar-refractivity contribution in [3.63, 3.8) is 0 Å². The molecule has 13 heavy (non-hydrogen) atoms. The Balaban J connectivity index is 2.39. The van der Waals surface area contributed by atoms with Gasteiger partial charge in [-0.15, -0.1) is 6.58 Å². The highest BCUT2D eigenvalue weighted by molar-refractivity contribution is 4.83. The smallest absolute Gasteiger partial charge is 0.160 e. The van der Waals surface area contributed by atoms with Crippen LogP contribution < -0.4 is 5.73 Å². The molecule has 0 saturated carbocycles. The molecule has 1 aliphatic heterocycles. The van der Waals surface area contributed by atoms with Crippen LogP contribution in [0.5, 0.6) is 0 Å². The van der Waals surface area contributed by atoms with Gasteiger partial charge in [0.2, 0.25) is 0 Å². The van der Waals surface area contributed by atoms with Crippen molar-refractivity contribution in [3.05, 3.63) is 12.7 Å². The summed E-state index contributed by atoms with van der Waals surface area (Å²) in [6.07, 6.45) is 1.01. The van der Waals surface area contributed by atoms with Crippen molar-refractivity contribution in [2.24, 2.45) is 5.73 Å². The van der Waals surface area contributed by atoms with E-state index in [4.69, 9.17) is 15.2 Å². The fourth-order valence-corrected chi connectivity index (χ4v) is 1.37. The van der Waals surface area contributed by atoms with Crippen LogP contribution in [0.3, 0.4) is 0 Å². The first kappa shape index (κ1) is 10.7. The molecule has 0 aromatic carbocycles. The van der Waals surface area contributed by atoms with Crippen LogP contribution in [0.15, 0.2) is 12.7 Å². The lowest BCUT2D eigenvalue weighted by Gasteiger charge is -2.35. The normalized spacial score (nSPS) is 40.2. The molecule has 76 valence electrons. The van der Waals surface area contributed by atoms with E-state index >= 15 is 0 Å². The monoisotopic (exact) mass is 187 g/mol. The molecule has 0 amide bonds. The van der Waals surface area contributed by atoms with E-state index in [-0.39, 0.29) is 18.4 Å². The third-order valence-corrected chi connectivity index (χ3v) is 2.15. The maximum atomic E-state index is 9.46. The van der Waals surface area contributed by atoms with Crippen LogP contribution in [0, 0.1) is 0 Å². The average Bonchev–Trinajstić information content (AvgIpc) is 2.10. The van der Waals surface area contributed by atoms with Crippen LogP contribution in [0.1, 0.15) is 13.3 Å². The molecule has 0 radical (unpaired) electrons. The molecule has 0 bridgehead atoms. The van der Waals surface area contributed by atoms with E-state index < -0.39 is 6.10 Å². The van der Waals surface area contributed by atoms with Gasteiger partial charge >= 0.3 is 0 Å². The maximum Gasteiger partial charge on any atom is 0.160 e. The van der Waals surface area contributed by atoms with E-state index in [1.807, 2.05) is 0 Å². The van der Waals surface area contributed by atoms with Crippen LogP contribution in [-0.4, -0.2) is 36.3 Å². The zero-order valence-electron chi connectivity index (χ0n) is 7.85. The Morgan fingerprint density at radius 3 is 3.00 bits per heavy atom. The molecule has 4 atom stereocenters. The fourth-order valence-electron chi connectivity index (χ4n) is 1.37. The molecule has 4 nitrogen and oxygen atoms in total. The number of nitrogens with two attached hydrogens (primary N) is 1. The predicted octanol–water partition coefficient (Wildman–Crippen LogP) is 0.0121. The van der Waals surface area contributed by atoms with Gasteiger partial charge in [0.1, 0.15) is 0 Å². The van der Waals surface area contributed by atoms with Gasteiger partial charge in [0, 0.05) is 12.5 Å². The van der Waals surface area contributed by atoms with Gasteiger partial charge in [0.15, 0.2) is 6.29 Å². The summed E-state index contributed by atoms with van der Waals surface area (Å²) in [4.78, 5) is 0. The topological polar surface area (TPSA) is 64.7 Å². The lowest BCUT2D eigenvalue weighted by atomic mass is 10.0. The number of aliphatic hydroxyl groups excluding tert-OH is 1. The van der Waals surface area contributed by atoms with E-state index in [1.54, 1.807) is 13.0 Å². The molecule has 1 rings (SSSR count). The number of hydrogen-bond acceptors (Lipinski definition) is 4. The van der Waals surface area contributed by atoms with Crippen molar-refractivity contribution in [2.45, 2.75) is 37.9 Å². The Bertz CT molecular complexity index is 162. The summed E-state index contributed by atoms with van der Waals surface area (Å²) in [6.45, 7) is 5.77. The minimum Gasteiger partial charge on any atom is -0.389 e. The Labute approximate surface area is 78.3 Å². The molecule has 0 aliphatic carbocycles. The fraction of sp³-hybridized carbons (Fsp3) is 0.778. The summed E-state index contributed by atoms with van der Waals surface area (Å²) in [5.74, 6) is 0. The Morgan fingerprint density at radius 2 is 2.46 bits per heavy atom. The molecule has 0 aromatic rings. The van der Waals surface area contributed by atoms with Crippen LogP contribution in [0.4, 0.5) is 0 Å². The summed E-state index contributed by atoms with van der Waals surface area (Å²) in [6, 6.07) is -0.265. The molecular formula is C9H17NO3. The van der Waals surface area contributed by atoms with Gasteiger partial charge in [-0.3, -0.25) is 0 Å². The van der Waals surface area contributed by atoms with E-state index in [0.717, 1.165) is 0 Å². The number of hydrogen-bond donors (Lipinski definition) is 2. The Hall–Kier alpha value is -0.420. The largest absolute Gasteiger partial charge is 0.389 e. The van der Waals surface area contributed by atoms with E-state index in [2.05, 4.69) is 6.58 Å². The van der Waals surface area contributed by atoms with Crippen LogP contribution >= 0.6 is 0 Å². The highest BCUT2D eigenvalue weighted by Gasteiger charge is 2.33. The molecule has 0 aromatic heterocycles. The third kappa shape index (κ3) is 2.77. The van der Waals surface area contributed by atoms with Crippen molar-refractivity contribution in [1.29, 1.82) is 0 Å². The summed E-state index contributed by atoms with van der Waals surface area (Å²) in [5.41, 5.74) is 5.69. The summed E-state index contributed by atoms with van der Waals surface area (Å²) in [7, 11) is 0. The second kappa shape index (κ2) is 4.72. The summed E-state index contributed by atoms with van der Waals surface area (Å²) in [5, 5.41) is 9.46. The number of aliphatic hydroxyl groups is 1. The van der Waals surface area contributed by atoms with Crippen molar-refractivity contribution in [1.82, 2.24) is 0 Å².